The summed E-state index contributed by atoms with van der Waals surface area (Å²) in [7, 11) is 1.55. The Bertz CT molecular complexity index is 322. The van der Waals surface area contributed by atoms with Crippen LogP contribution in [-0.4, -0.2) is 25.9 Å². The van der Waals surface area contributed by atoms with Crippen molar-refractivity contribution in [1.29, 1.82) is 0 Å². The average Bonchev–Trinajstić information content (AvgIpc) is 1.96. The predicted molar refractivity (Wildman–Crippen MR) is 40.7 cm³/mol. The first-order chi connectivity index (χ1) is 5.15. The molecule has 0 unspecified atom stereocenters. The third-order valence-electron chi connectivity index (χ3n) is 1.15. The molecule has 5 nitrogen and oxygen atoms in total. The molecule has 1 N–H and O–H groups in total. The summed E-state index contributed by atoms with van der Waals surface area (Å²) in [6, 6.07) is -0.475. The van der Waals surface area contributed by atoms with Gasteiger partial charge >= 0.3 is 11.7 Å². The summed E-state index contributed by atoms with van der Waals surface area (Å²) in [5.74, 6) is 0. The van der Waals surface area contributed by atoms with Gasteiger partial charge in [-0.25, -0.2) is 4.79 Å². The first-order valence-corrected chi connectivity index (χ1v) is 4.05. The van der Waals surface area contributed by atoms with Crippen LogP contribution in [0.1, 0.15) is 0 Å². The van der Waals surface area contributed by atoms with Crippen molar-refractivity contribution in [3.8, 4) is 6.01 Å². The molecule has 0 atom stereocenters. The van der Waals surface area contributed by atoms with Crippen molar-refractivity contribution in [2.24, 2.45) is 7.05 Å². The highest BCUT2D eigenvalue weighted by atomic mass is 32.2. The molecule has 0 aliphatic carbocycles. The van der Waals surface area contributed by atoms with Gasteiger partial charge < -0.3 is 5.11 Å². The SMILES string of the molecule is CSc1nc(O)nc(=O)n1C. The fourth-order valence-corrected chi connectivity index (χ4v) is 1.14. The van der Waals surface area contributed by atoms with Crippen LogP contribution in [0.25, 0.3) is 0 Å². The molecule has 1 aromatic rings. The zero-order chi connectivity index (χ0) is 8.43. The average molecular weight is 173 g/mol. The van der Waals surface area contributed by atoms with Crippen LogP contribution in [0.2, 0.25) is 0 Å². The zero-order valence-electron chi connectivity index (χ0n) is 6.11. The van der Waals surface area contributed by atoms with Crippen LogP contribution in [-0.2, 0) is 7.05 Å². The molecule has 0 saturated carbocycles. The van der Waals surface area contributed by atoms with Gasteiger partial charge in [0.15, 0.2) is 5.16 Å². The second kappa shape index (κ2) is 2.91. The number of rotatable bonds is 1. The molecule has 0 aliphatic heterocycles. The molecule has 0 saturated heterocycles. The Hall–Kier alpha value is -1.04. The zero-order valence-corrected chi connectivity index (χ0v) is 6.92. The molecule has 0 radical (unpaired) electrons. The van der Waals surface area contributed by atoms with Gasteiger partial charge in [0.05, 0.1) is 0 Å². The van der Waals surface area contributed by atoms with Gasteiger partial charge in [-0.05, 0) is 6.26 Å². The van der Waals surface area contributed by atoms with Crippen molar-refractivity contribution in [2.45, 2.75) is 5.16 Å². The van der Waals surface area contributed by atoms with Crippen LogP contribution in [0.5, 0.6) is 6.01 Å². The molecule has 0 aliphatic rings. The number of thioether (sulfide) groups is 1. The maximum atomic E-state index is 10.9. The lowest BCUT2D eigenvalue weighted by Crippen LogP contribution is -2.22. The van der Waals surface area contributed by atoms with Crippen LogP contribution in [0.3, 0.4) is 0 Å². The van der Waals surface area contributed by atoms with Crippen molar-refractivity contribution < 1.29 is 5.11 Å². The second-order valence-corrected chi connectivity index (χ2v) is 2.63. The summed E-state index contributed by atoms with van der Waals surface area (Å²) < 4.78 is 1.27. The summed E-state index contributed by atoms with van der Waals surface area (Å²) in [6.45, 7) is 0. The van der Waals surface area contributed by atoms with Crippen molar-refractivity contribution in [1.82, 2.24) is 14.5 Å². The van der Waals surface area contributed by atoms with E-state index in [4.69, 9.17) is 5.11 Å². The Morgan fingerprint density at radius 1 is 1.55 bits per heavy atom. The molecule has 1 heterocycles. The third kappa shape index (κ3) is 1.51. The summed E-state index contributed by atoms with van der Waals surface area (Å²) in [5.41, 5.74) is -0.498. The van der Waals surface area contributed by atoms with Crippen molar-refractivity contribution in [2.75, 3.05) is 6.26 Å². The fourth-order valence-electron chi connectivity index (χ4n) is 0.610. The fraction of sp³-hybridized carbons (Fsp3) is 0.400. The van der Waals surface area contributed by atoms with E-state index in [1.54, 1.807) is 13.3 Å². The van der Waals surface area contributed by atoms with Gasteiger partial charge in [0, 0.05) is 7.05 Å². The Morgan fingerprint density at radius 3 is 2.73 bits per heavy atom. The molecular formula is C5H7N3O2S. The van der Waals surface area contributed by atoms with Gasteiger partial charge in [0.25, 0.3) is 0 Å². The molecular weight excluding hydrogens is 166 g/mol. The van der Waals surface area contributed by atoms with Crippen LogP contribution in [0.15, 0.2) is 9.95 Å². The lowest BCUT2D eigenvalue weighted by molar-refractivity contribution is 0.408. The van der Waals surface area contributed by atoms with E-state index < -0.39 is 11.7 Å². The Kier molecular flexibility index (Phi) is 2.13. The number of aromatic nitrogens is 3. The number of hydrogen-bond donors (Lipinski definition) is 1. The minimum absolute atomic E-state index is 0.447. The third-order valence-corrected chi connectivity index (χ3v) is 1.88. The van der Waals surface area contributed by atoms with Crippen LogP contribution in [0.4, 0.5) is 0 Å². The van der Waals surface area contributed by atoms with E-state index in [0.29, 0.717) is 5.16 Å². The second-order valence-electron chi connectivity index (χ2n) is 1.85. The Balaban J connectivity index is 3.36. The predicted octanol–water partition coefficient (Wildman–Crippen LogP) is -0.397. The maximum absolute atomic E-state index is 10.9. The van der Waals surface area contributed by atoms with Gasteiger partial charge in [0.1, 0.15) is 0 Å². The number of aromatic hydroxyl groups is 1. The van der Waals surface area contributed by atoms with E-state index in [2.05, 4.69) is 9.97 Å². The highest BCUT2D eigenvalue weighted by Crippen LogP contribution is 2.08. The van der Waals surface area contributed by atoms with E-state index in [0.717, 1.165) is 0 Å². The summed E-state index contributed by atoms with van der Waals surface area (Å²) >= 11 is 1.28. The molecule has 11 heavy (non-hydrogen) atoms. The number of hydrogen-bond acceptors (Lipinski definition) is 5. The van der Waals surface area contributed by atoms with E-state index in [1.807, 2.05) is 0 Å². The summed E-state index contributed by atoms with van der Waals surface area (Å²) in [5, 5.41) is 9.25. The monoisotopic (exact) mass is 173 g/mol. The topological polar surface area (TPSA) is 68.0 Å². The van der Waals surface area contributed by atoms with Gasteiger partial charge in [-0.15, -0.1) is 4.98 Å². The normalized spacial score (nSPS) is 10.0. The minimum atomic E-state index is -0.498. The van der Waals surface area contributed by atoms with E-state index in [-0.39, 0.29) is 0 Å². The molecule has 0 aromatic carbocycles. The molecule has 60 valence electrons. The van der Waals surface area contributed by atoms with Gasteiger partial charge in [-0.1, -0.05) is 11.8 Å². The molecule has 6 heteroatoms. The van der Waals surface area contributed by atoms with Gasteiger partial charge in [-0.2, -0.15) is 4.98 Å². The van der Waals surface area contributed by atoms with E-state index >= 15 is 0 Å². The van der Waals surface area contributed by atoms with Crippen molar-refractivity contribution in [3.05, 3.63) is 10.5 Å². The molecule has 0 spiro atoms. The van der Waals surface area contributed by atoms with Crippen molar-refractivity contribution in [3.63, 3.8) is 0 Å². The number of nitrogens with zero attached hydrogens (tertiary/aromatic N) is 3. The minimum Gasteiger partial charge on any atom is -0.479 e. The van der Waals surface area contributed by atoms with Crippen LogP contribution >= 0.6 is 11.8 Å². The quantitative estimate of drug-likeness (QED) is 0.585. The van der Waals surface area contributed by atoms with E-state index in [1.165, 1.54) is 16.3 Å². The molecule has 0 fully saturated rings. The largest absolute Gasteiger partial charge is 0.479 e. The molecule has 1 aromatic heterocycles. The van der Waals surface area contributed by atoms with Crippen LogP contribution < -0.4 is 5.69 Å². The van der Waals surface area contributed by atoms with Crippen LogP contribution in [0, 0.1) is 0 Å². The molecule has 1 rings (SSSR count). The maximum Gasteiger partial charge on any atom is 0.353 e. The molecule has 0 bridgehead atoms. The lowest BCUT2D eigenvalue weighted by atomic mass is 10.9. The highest BCUT2D eigenvalue weighted by molar-refractivity contribution is 7.98. The summed E-state index contributed by atoms with van der Waals surface area (Å²) in [6.07, 6.45) is 1.77. The smallest absolute Gasteiger partial charge is 0.353 e. The Morgan fingerprint density at radius 2 is 2.18 bits per heavy atom. The Labute approximate surface area is 67.1 Å². The first-order valence-electron chi connectivity index (χ1n) is 2.83. The van der Waals surface area contributed by atoms with Gasteiger partial charge in [0.2, 0.25) is 0 Å². The standard InChI is InChI=1S/C5H7N3O2S/c1-8-4(10)6-3(9)7-5(8)11-2/h1-2H3,(H,6,9,10). The highest BCUT2D eigenvalue weighted by Gasteiger charge is 2.03. The first kappa shape index (κ1) is 8.06. The van der Waals surface area contributed by atoms with Crippen molar-refractivity contribution >= 4 is 11.8 Å². The van der Waals surface area contributed by atoms with Gasteiger partial charge in [-0.3, -0.25) is 4.57 Å². The summed E-state index contributed by atoms with van der Waals surface area (Å²) in [4.78, 5) is 17.7. The molecule has 0 amide bonds. The van der Waals surface area contributed by atoms with E-state index in [9.17, 15) is 4.79 Å². The lowest BCUT2D eigenvalue weighted by Gasteiger charge is -2.00.